The number of nitrogens with one attached hydrogen (secondary N) is 1. The van der Waals surface area contributed by atoms with Crippen LogP contribution in [0.3, 0.4) is 0 Å². The third-order valence-electron chi connectivity index (χ3n) is 3.47. The average Bonchev–Trinajstić information content (AvgIpc) is 2.60. The lowest BCUT2D eigenvalue weighted by atomic mass is 10.1. The van der Waals surface area contributed by atoms with E-state index in [4.69, 9.17) is 0 Å². The largest absolute Gasteiger partial charge is 0.377 e. The molecule has 2 aromatic carbocycles. The number of amides is 1. The average molecular weight is 308 g/mol. The summed E-state index contributed by atoms with van der Waals surface area (Å²) in [6.07, 6.45) is 1.75. The minimum absolute atomic E-state index is 0.0101. The lowest BCUT2D eigenvalue weighted by molar-refractivity contribution is 0.0904. The first kappa shape index (κ1) is 16.5. The maximum absolute atomic E-state index is 12.1. The highest BCUT2D eigenvalue weighted by Crippen LogP contribution is 2.07. The number of rotatable bonds is 7. The highest BCUT2D eigenvalue weighted by atomic mass is 16.2. The van der Waals surface area contributed by atoms with Gasteiger partial charge in [0.05, 0.1) is 6.54 Å². The zero-order valence-corrected chi connectivity index (χ0v) is 13.2. The minimum atomic E-state index is -0.252. The van der Waals surface area contributed by atoms with Crippen molar-refractivity contribution in [3.8, 4) is 0 Å². The fraction of sp³-hybridized carbons (Fsp3) is 0.158. The van der Waals surface area contributed by atoms with Crippen LogP contribution in [0.4, 0.5) is 0 Å². The molecule has 4 nitrogen and oxygen atoms in total. The van der Waals surface area contributed by atoms with Gasteiger partial charge in [-0.05, 0) is 23.9 Å². The molecule has 0 saturated carbocycles. The van der Waals surface area contributed by atoms with Crippen LogP contribution in [0.25, 0.3) is 0 Å². The molecule has 118 valence electrons. The number of ketones is 1. The summed E-state index contributed by atoms with van der Waals surface area (Å²) in [6, 6.07) is 16.2. The molecule has 2 aromatic rings. The van der Waals surface area contributed by atoms with Crippen LogP contribution in [-0.2, 0) is 6.54 Å². The maximum Gasteiger partial charge on any atom is 0.251 e. The van der Waals surface area contributed by atoms with Crippen molar-refractivity contribution in [3.63, 3.8) is 0 Å². The van der Waals surface area contributed by atoms with Gasteiger partial charge in [-0.25, -0.2) is 0 Å². The van der Waals surface area contributed by atoms with Crippen molar-refractivity contribution < 1.29 is 9.59 Å². The van der Waals surface area contributed by atoms with Crippen LogP contribution < -0.4 is 5.32 Å². The predicted octanol–water partition coefficient (Wildman–Crippen LogP) is 2.87. The number of nitrogens with zero attached hydrogens (tertiary/aromatic N) is 1. The Morgan fingerprint density at radius 3 is 2.30 bits per heavy atom. The van der Waals surface area contributed by atoms with Crippen LogP contribution in [-0.4, -0.2) is 30.2 Å². The van der Waals surface area contributed by atoms with E-state index in [1.54, 1.807) is 42.6 Å². The third-order valence-corrected chi connectivity index (χ3v) is 3.47. The van der Waals surface area contributed by atoms with Gasteiger partial charge in [-0.2, -0.15) is 0 Å². The molecule has 0 unspecified atom stereocenters. The molecule has 1 amide bonds. The van der Waals surface area contributed by atoms with Gasteiger partial charge >= 0.3 is 0 Å². The Morgan fingerprint density at radius 2 is 1.70 bits per heavy atom. The molecule has 2 rings (SSSR count). The Kier molecular flexibility index (Phi) is 5.69. The number of benzene rings is 2. The van der Waals surface area contributed by atoms with Crippen molar-refractivity contribution in [2.24, 2.45) is 0 Å². The summed E-state index contributed by atoms with van der Waals surface area (Å²) < 4.78 is 0. The van der Waals surface area contributed by atoms with Crippen LogP contribution in [0.1, 0.15) is 26.3 Å². The fourth-order valence-electron chi connectivity index (χ4n) is 2.10. The van der Waals surface area contributed by atoms with Gasteiger partial charge in [-0.3, -0.25) is 9.59 Å². The molecule has 0 spiro atoms. The molecule has 0 aliphatic carbocycles. The molecule has 0 bridgehead atoms. The summed E-state index contributed by atoms with van der Waals surface area (Å²) >= 11 is 0. The molecule has 0 radical (unpaired) electrons. The first-order valence-electron chi connectivity index (χ1n) is 7.38. The molecule has 0 heterocycles. The van der Waals surface area contributed by atoms with Crippen LogP contribution in [0.5, 0.6) is 0 Å². The molecular weight excluding hydrogens is 288 g/mol. The van der Waals surface area contributed by atoms with Crippen molar-refractivity contribution in [1.82, 2.24) is 10.2 Å². The summed E-state index contributed by atoms with van der Waals surface area (Å²) in [5, 5.41) is 2.65. The highest BCUT2D eigenvalue weighted by Gasteiger charge is 2.09. The quantitative estimate of drug-likeness (QED) is 0.800. The van der Waals surface area contributed by atoms with Crippen molar-refractivity contribution in [2.75, 3.05) is 13.6 Å². The molecule has 1 N–H and O–H groups in total. The molecule has 0 aromatic heterocycles. The molecular formula is C19H20N2O2. The number of hydrogen-bond acceptors (Lipinski definition) is 3. The summed E-state index contributed by atoms with van der Waals surface area (Å²) in [4.78, 5) is 26.0. The Balaban J connectivity index is 1.91. The second-order valence-electron chi connectivity index (χ2n) is 5.27. The normalized spacial score (nSPS) is 9.96. The monoisotopic (exact) mass is 308 g/mol. The molecule has 4 heteroatoms. The molecule has 0 atom stereocenters. The summed E-state index contributed by atoms with van der Waals surface area (Å²) in [7, 11) is 1.93. The second-order valence-corrected chi connectivity index (χ2v) is 5.27. The van der Waals surface area contributed by atoms with E-state index >= 15 is 0 Å². The highest BCUT2D eigenvalue weighted by molar-refractivity contribution is 6.02. The third kappa shape index (κ3) is 4.81. The van der Waals surface area contributed by atoms with Crippen LogP contribution in [0, 0.1) is 0 Å². The van der Waals surface area contributed by atoms with E-state index in [9.17, 15) is 9.59 Å². The van der Waals surface area contributed by atoms with Gasteiger partial charge in [0.15, 0.2) is 5.78 Å². The van der Waals surface area contributed by atoms with E-state index < -0.39 is 0 Å². The summed E-state index contributed by atoms with van der Waals surface area (Å²) in [5.74, 6) is -0.360. The Hall–Kier alpha value is -2.88. The van der Waals surface area contributed by atoms with Gasteiger partial charge in [0.2, 0.25) is 0 Å². The van der Waals surface area contributed by atoms with Gasteiger partial charge < -0.3 is 10.2 Å². The maximum atomic E-state index is 12.1. The Labute approximate surface area is 136 Å². The Bertz CT molecular complexity index is 678. The standard InChI is InChI=1S/C19H20N2O2/c1-3-21(2)14-15-9-11-17(12-10-15)19(23)20-13-18(22)16-7-5-4-6-8-16/h3-12H,1,13-14H2,2H3,(H,20,23). The summed E-state index contributed by atoms with van der Waals surface area (Å²) in [6.45, 7) is 4.42. The van der Waals surface area contributed by atoms with E-state index in [1.165, 1.54) is 0 Å². The first-order chi connectivity index (χ1) is 11.1. The van der Waals surface area contributed by atoms with Crippen LogP contribution in [0.15, 0.2) is 67.4 Å². The SMILES string of the molecule is C=CN(C)Cc1ccc(C(=O)NCC(=O)c2ccccc2)cc1. The van der Waals surface area contributed by atoms with Crippen molar-refractivity contribution in [1.29, 1.82) is 0 Å². The molecule has 0 fully saturated rings. The van der Waals surface area contributed by atoms with Crippen molar-refractivity contribution >= 4 is 11.7 Å². The molecule has 0 aliphatic heterocycles. The van der Waals surface area contributed by atoms with Crippen molar-refractivity contribution in [3.05, 3.63) is 84.1 Å². The van der Waals surface area contributed by atoms with E-state index in [-0.39, 0.29) is 18.2 Å². The number of carbonyl (C=O) groups excluding carboxylic acids is 2. The zero-order chi connectivity index (χ0) is 16.7. The molecule has 0 aliphatic rings. The first-order valence-corrected chi connectivity index (χ1v) is 7.38. The molecule has 0 saturated heterocycles. The van der Waals surface area contributed by atoms with Crippen LogP contribution >= 0.6 is 0 Å². The van der Waals surface area contributed by atoms with E-state index in [0.29, 0.717) is 11.1 Å². The van der Waals surface area contributed by atoms with Crippen LogP contribution in [0.2, 0.25) is 0 Å². The van der Waals surface area contributed by atoms with E-state index in [1.807, 2.05) is 30.1 Å². The van der Waals surface area contributed by atoms with E-state index in [2.05, 4.69) is 11.9 Å². The fourth-order valence-corrected chi connectivity index (χ4v) is 2.10. The number of Topliss-reactive ketones (excluding diaryl/α,β-unsaturated/α-hetero) is 1. The van der Waals surface area contributed by atoms with Gasteiger partial charge in [0.1, 0.15) is 0 Å². The Morgan fingerprint density at radius 1 is 1.04 bits per heavy atom. The lowest BCUT2D eigenvalue weighted by Gasteiger charge is -2.13. The molecule has 23 heavy (non-hydrogen) atoms. The zero-order valence-electron chi connectivity index (χ0n) is 13.2. The smallest absolute Gasteiger partial charge is 0.251 e. The second kappa shape index (κ2) is 7.94. The van der Waals surface area contributed by atoms with Gasteiger partial charge in [-0.15, -0.1) is 0 Å². The number of hydrogen-bond donors (Lipinski definition) is 1. The van der Waals surface area contributed by atoms with Gasteiger partial charge in [0, 0.05) is 24.7 Å². The minimum Gasteiger partial charge on any atom is -0.377 e. The van der Waals surface area contributed by atoms with Gasteiger partial charge in [0.25, 0.3) is 5.91 Å². The van der Waals surface area contributed by atoms with Crippen molar-refractivity contribution in [2.45, 2.75) is 6.54 Å². The van der Waals surface area contributed by atoms with Gasteiger partial charge in [-0.1, -0.05) is 49.0 Å². The number of carbonyl (C=O) groups is 2. The lowest BCUT2D eigenvalue weighted by Crippen LogP contribution is -2.29. The summed E-state index contributed by atoms with van der Waals surface area (Å²) in [5.41, 5.74) is 2.22. The topological polar surface area (TPSA) is 49.4 Å². The van der Waals surface area contributed by atoms with E-state index in [0.717, 1.165) is 12.1 Å². The predicted molar refractivity (Wildman–Crippen MR) is 91.2 cm³/mol.